The van der Waals surface area contributed by atoms with Crippen LogP contribution >= 0.6 is 0 Å². The van der Waals surface area contributed by atoms with Gasteiger partial charge in [-0.15, -0.1) is 0 Å². The summed E-state index contributed by atoms with van der Waals surface area (Å²) in [7, 11) is 0. The van der Waals surface area contributed by atoms with E-state index < -0.39 is 0 Å². The van der Waals surface area contributed by atoms with E-state index in [2.05, 4.69) is 20.2 Å². The molecule has 1 saturated heterocycles. The Morgan fingerprint density at radius 2 is 1.93 bits per heavy atom. The van der Waals surface area contributed by atoms with Crippen LogP contribution in [0.4, 0.5) is 5.82 Å². The Bertz CT molecular complexity index is 1140. The highest BCUT2D eigenvalue weighted by atomic mass is 16.3. The van der Waals surface area contributed by atoms with Crippen molar-refractivity contribution >= 4 is 33.8 Å². The molecular weight excluding hydrogens is 368 g/mol. The number of piperidine rings is 1. The van der Waals surface area contributed by atoms with Gasteiger partial charge in [0.2, 0.25) is 5.82 Å². The fraction of sp³-hybridized carbons (Fsp3) is 0.318. The van der Waals surface area contributed by atoms with E-state index in [9.17, 15) is 4.79 Å². The summed E-state index contributed by atoms with van der Waals surface area (Å²) < 4.78 is 11.4. The van der Waals surface area contributed by atoms with E-state index in [1.54, 1.807) is 6.26 Å². The smallest absolute Gasteiger partial charge is 0.289 e. The third-order valence-electron chi connectivity index (χ3n) is 5.30. The van der Waals surface area contributed by atoms with Crippen molar-refractivity contribution in [3.63, 3.8) is 0 Å². The molecule has 5 rings (SSSR count). The van der Waals surface area contributed by atoms with Crippen molar-refractivity contribution in [1.29, 1.82) is 0 Å². The lowest BCUT2D eigenvalue weighted by atomic mass is 10.1. The number of anilines is 1. The lowest BCUT2D eigenvalue weighted by molar-refractivity contribution is 0.0943. The van der Waals surface area contributed by atoms with Crippen LogP contribution in [0.2, 0.25) is 0 Å². The molecule has 0 aliphatic carbocycles. The molecule has 0 saturated carbocycles. The third kappa shape index (κ3) is 3.44. The average molecular weight is 390 g/mol. The second kappa shape index (κ2) is 7.58. The van der Waals surface area contributed by atoms with Gasteiger partial charge < -0.3 is 19.1 Å². The van der Waals surface area contributed by atoms with Gasteiger partial charge in [0.05, 0.1) is 6.26 Å². The SMILES string of the molecule is O=C(NCCc1ccco1)c1nc(N2CCCCC2)c2oc3ccccc3c2n1. The molecule has 0 spiro atoms. The molecule has 4 aromatic rings. The van der Waals surface area contributed by atoms with Crippen LogP contribution < -0.4 is 10.2 Å². The number of furan rings is 2. The van der Waals surface area contributed by atoms with Crippen molar-refractivity contribution in [2.75, 3.05) is 24.5 Å². The molecular formula is C22H22N4O3. The Hall–Kier alpha value is -3.35. The number of para-hydroxylation sites is 1. The molecule has 0 atom stereocenters. The van der Waals surface area contributed by atoms with Crippen LogP contribution in [0.25, 0.3) is 22.1 Å². The summed E-state index contributed by atoms with van der Waals surface area (Å²) in [5.74, 6) is 1.42. The molecule has 4 heterocycles. The van der Waals surface area contributed by atoms with Crippen LogP contribution in [0.3, 0.4) is 0 Å². The van der Waals surface area contributed by atoms with Crippen LogP contribution in [0, 0.1) is 0 Å². The fourth-order valence-electron chi connectivity index (χ4n) is 3.83. The number of carbonyl (C=O) groups is 1. The van der Waals surface area contributed by atoms with Crippen LogP contribution in [0.15, 0.2) is 51.5 Å². The maximum atomic E-state index is 12.8. The first-order chi connectivity index (χ1) is 14.3. The third-order valence-corrected chi connectivity index (χ3v) is 5.30. The summed E-state index contributed by atoms with van der Waals surface area (Å²) in [4.78, 5) is 24.2. The first-order valence-corrected chi connectivity index (χ1v) is 10.0. The quantitative estimate of drug-likeness (QED) is 0.556. The molecule has 1 fully saturated rings. The lowest BCUT2D eigenvalue weighted by Crippen LogP contribution is -2.32. The summed E-state index contributed by atoms with van der Waals surface area (Å²) in [6.45, 7) is 2.27. The Kier molecular flexibility index (Phi) is 4.63. The van der Waals surface area contributed by atoms with E-state index in [-0.39, 0.29) is 11.7 Å². The molecule has 7 nitrogen and oxygen atoms in total. The monoisotopic (exact) mass is 390 g/mol. The Labute approximate surface area is 167 Å². The largest absolute Gasteiger partial charge is 0.469 e. The Morgan fingerprint density at radius 1 is 1.07 bits per heavy atom. The number of benzene rings is 1. The van der Waals surface area contributed by atoms with Crippen LogP contribution in [0.5, 0.6) is 0 Å². The minimum Gasteiger partial charge on any atom is -0.469 e. The summed E-state index contributed by atoms with van der Waals surface area (Å²) in [6, 6.07) is 11.5. The molecule has 0 bridgehead atoms. The van der Waals surface area contributed by atoms with Gasteiger partial charge in [-0.2, -0.15) is 0 Å². The van der Waals surface area contributed by atoms with E-state index in [1.165, 1.54) is 6.42 Å². The van der Waals surface area contributed by atoms with Crippen LogP contribution in [-0.2, 0) is 6.42 Å². The van der Waals surface area contributed by atoms with Gasteiger partial charge in [0.15, 0.2) is 11.4 Å². The van der Waals surface area contributed by atoms with Crippen molar-refractivity contribution in [3.05, 3.63) is 54.2 Å². The zero-order valence-corrected chi connectivity index (χ0v) is 16.1. The number of hydrogen-bond acceptors (Lipinski definition) is 6. The summed E-state index contributed by atoms with van der Waals surface area (Å²) in [5.41, 5.74) is 2.10. The van der Waals surface area contributed by atoms with E-state index in [0.29, 0.717) is 29.9 Å². The zero-order valence-electron chi connectivity index (χ0n) is 16.1. The van der Waals surface area contributed by atoms with Gasteiger partial charge in [-0.1, -0.05) is 12.1 Å². The molecule has 7 heteroatoms. The number of carbonyl (C=O) groups excluding carboxylic acids is 1. The number of fused-ring (bicyclic) bond motifs is 3. The summed E-state index contributed by atoms with van der Waals surface area (Å²) >= 11 is 0. The van der Waals surface area contributed by atoms with Crippen molar-refractivity contribution in [2.45, 2.75) is 25.7 Å². The van der Waals surface area contributed by atoms with Gasteiger partial charge in [0.25, 0.3) is 5.91 Å². The molecule has 0 unspecified atom stereocenters. The molecule has 0 radical (unpaired) electrons. The first kappa shape index (κ1) is 17.7. The van der Waals surface area contributed by atoms with E-state index >= 15 is 0 Å². The minimum absolute atomic E-state index is 0.170. The highest BCUT2D eigenvalue weighted by molar-refractivity contribution is 6.07. The van der Waals surface area contributed by atoms with Crippen molar-refractivity contribution in [3.8, 4) is 0 Å². The first-order valence-electron chi connectivity index (χ1n) is 10.0. The minimum atomic E-state index is -0.290. The highest BCUT2D eigenvalue weighted by Gasteiger charge is 2.23. The maximum Gasteiger partial charge on any atom is 0.289 e. The lowest BCUT2D eigenvalue weighted by Gasteiger charge is -2.27. The van der Waals surface area contributed by atoms with E-state index in [0.717, 1.165) is 42.7 Å². The summed E-state index contributed by atoms with van der Waals surface area (Å²) in [5, 5.41) is 3.80. The van der Waals surface area contributed by atoms with Gasteiger partial charge in [-0.25, -0.2) is 9.97 Å². The Morgan fingerprint density at radius 3 is 2.76 bits per heavy atom. The van der Waals surface area contributed by atoms with Gasteiger partial charge in [0.1, 0.15) is 16.9 Å². The van der Waals surface area contributed by atoms with Gasteiger partial charge in [0, 0.05) is 31.4 Å². The van der Waals surface area contributed by atoms with Crippen molar-refractivity contribution in [1.82, 2.24) is 15.3 Å². The molecule has 148 valence electrons. The molecule has 1 aliphatic rings. The molecule has 1 aromatic carbocycles. The van der Waals surface area contributed by atoms with E-state index in [1.807, 2.05) is 36.4 Å². The van der Waals surface area contributed by atoms with Gasteiger partial charge >= 0.3 is 0 Å². The van der Waals surface area contributed by atoms with Crippen molar-refractivity contribution < 1.29 is 13.6 Å². The van der Waals surface area contributed by atoms with Gasteiger partial charge in [-0.05, 0) is 43.5 Å². The van der Waals surface area contributed by atoms with E-state index in [4.69, 9.17) is 8.83 Å². The molecule has 1 aliphatic heterocycles. The second-order valence-corrected chi connectivity index (χ2v) is 7.28. The standard InChI is InChI=1S/C22H22N4O3/c27-22(23-11-10-15-7-6-14-28-15)20-24-18-16-8-2-3-9-17(16)29-19(18)21(25-20)26-12-4-1-5-13-26/h2-3,6-9,14H,1,4-5,10-13H2,(H,23,27). The topological polar surface area (TPSA) is 84.4 Å². The number of amides is 1. The molecule has 29 heavy (non-hydrogen) atoms. The average Bonchev–Trinajstić information content (AvgIpc) is 3.41. The number of nitrogens with zero attached hydrogens (tertiary/aromatic N) is 3. The van der Waals surface area contributed by atoms with Gasteiger partial charge in [-0.3, -0.25) is 4.79 Å². The van der Waals surface area contributed by atoms with Crippen LogP contribution in [-0.4, -0.2) is 35.5 Å². The highest BCUT2D eigenvalue weighted by Crippen LogP contribution is 2.33. The number of hydrogen-bond donors (Lipinski definition) is 1. The Balaban J connectivity index is 1.50. The summed E-state index contributed by atoms with van der Waals surface area (Å²) in [6.07, 6.45) is 5.68. The zero-order chi connectivity index (χ0) is 19.6. The maximum absolute atomic E-state index is 12.8. The second-order valence-electron chi connectivity index (χ2n) is 7.28. The number of aromatic nitrogens is 2. The predicted octanol–water partition coefficient (Wildman–Crippen LogP) is 3.93. The van der Waals surface area contributed by atoms with Crippen molar-refractivity contribution in [2.24, 2.45) is 0 Å². The molecule has 1 amide bonds. The molecule has 3 aromatic heterocycles. The molecule has 1 N–H and O–H groups in total. The predicted molar refractivity (Wildman–Crippen MR) is 110 cm³/mol. The normalized spacial score (nSPS) is 14.6. The van der Waals surface area contributed by atoms with Crippen LogP contribution in [0.1, 0.15) is 35.6 Å². The number of rotatable bonds is 5. The number of nitrogens with one attached hydrogen (secondary N) is 1. The fourth-order valence-corrected chi connectivity index (χ4v) is 3.83.